The summed E-state index contributed by atoms with van der Waals surface area (Å²) in [6.07, 6.45) is 0. The maximum absolute atomic E-state index is 13.1. The number of hydrogen-bond acceptors (Lipinski definition) is 4. The van der Waals surface area contributed by atoms with E-state index in [2.05, 4.69) is 10.6 Å². The molecule has 2 rings (SSSR count). The van der Waals surface area contributed by atoms with E-state index < -0.39 is 23.7 Å². The predicted molar refractivity (Wildman–Crippen MR) is 95.9 cm³/mol. The van der Waals surface area contributed by atoms with E-state index in [1.165, 1.54) is 25.3 Å². The maximum Gasteiger partial charge on any atom is 0.313 e. The van der Waals surface area contributed by atoms with Crippen LogP contribution in [0.4, 0.5) is 10.1 Å². The molecule has 0 aliphatic rings. The average Bonchev–Trinajstić information content (AvgIpc) is 2.63. The van der Waals surface area contributed by atoms with Crippen LogP contribution in [-0.4, -0.2) is 26.0 Å². The van der Waals surface area contributed by atoms with Gasteiger partial charge in [-0.15, -0.1) is 0 Å². The number of halogens is 1. The van der Waals surface area contributed by atoms with Gasteiger partial charge >= 0.3 is 11.8 Å². The second-order valence-corrected chi connectivity index (χ2v) is 5.72. The van der Waals surface area contributed by atoms with E-state index in [9.17, 15) is 14.0 Å². The summed E-state index contributed by atoms with van der Waals surface area (Å²) >= 11 is 0. The molecule has 26 heavy (non-hydrogen) atoms. The summed E-state index contributed by atoms with van der Waals surface area (Å²) in [6, 6.07) is 8.62. The zero-order valence-corrected chi connectivity index (χ0v) is 15.1. The fourth-order valence-electron chi connectivity index (χ4n) is 2.46. The number of anilines is 1. The molecule has 0 radical (unpaired) electrons. The van der Waals surface area contributed by atoms with Crippen molar-refractivity contribution in [2.24, 2.45) is 0 Å². The summed E-state index contributed by atoms with van der Waals surface area (Å²) in [5, 5.41) is 5.09. The zero-order valence-electron chi connectivity index (χ0n) is 15.1. The van der Waals surface area contributed by atoms with Crippen molar-refractivity contribution in [1.82, 2.24) is 5.32 Å². The van der Waals surface area contributed by atoms with Crippen molar-refractivity contribution in [1.29, 1.82) is 0 Å². The molecule has 0 spiro atoms. The molecule has 1 atom stereocenters. The number of hydrogen-bond donors (Lipinski definition) is 2. The van der Waals surface area contributed by atoms with E-state index in [-0.39, 0.29) is 0 Å². The van der Waals surface area contributed by atoms with Crippen LogP contribution in [-0.2, 0) is 9.59 Å². The maximum atomic E-state index is 13.1. The Morgan fingerprint density at radius 2 is 1.77 bits per heavy atom. The van der Waals surface area contributed by atoms with E-state index in [1.54, 1.807) is 39.2 Å². The Balaban J connectivity index is 2.07. The lowest BCUT2D eigenvalue weighted by molar-refractivity contribution is -0.136. The standard InChI is InChI=1S/C19H21FN2O4/c1-11-9-13(20)5-8-16(11)22-19(24)18(23)21-12(2)15-7-6-14(25-3)10-17(15)26-4/h5-10,12H,1-4H3,(H,21,23)(H,22,24)/t12-/m1/s1. The number of aryl methyl sites for hydroxylation is 1. The van der Waals surface area contributed by atoms with Gasteiger partial charge in [0, 0.05) is 17.3 Å². The molecule has 2 aromatic rings. The van der Waals surface area contributed by atoms with Gasteiger partial charge in [-0.2, -0.15) is 0 Å². The third-order valence-corrected chi connectivity index (χ3v) is 3.90. The number of carbonyl (C=O) groups excluding carboxylic acids is 2. The molecule has 0 aromatic heterocycles. The summed E-state index contributed by atoms with van der Waals surface area (Å²) in [6.45, 7) is 3.38. The van der Waals surface area contributed by atoms with Gasteiger partial charge in [-0.3, -0.25) is 9.59 Å². The van der Waals surface area contributed by atoms with Gasteiger partial charge in [0.05, 0.1) is 20.3 Å². The lowest BCUT2D eigenvalue weighted by Gasteiger charge is -2.18. The minimum atomic E-state index is -0.834. The van der Waals surface area contributed by atoms with E-state index in [0.29, 0.717) is 28.3 Å². The zero-order chi connectivity index (χ0) is 19.3. The third-order valence-electron chi connectivity index (χ3n) is 3.90. The smallest absolute Gasteiger partial charge is 0.313 e. The molecular weight excluding hydrogens is 339 g/mol. The van der Waals surface area contributed by atoms with Gasteiger partial charge in [-0.25, -0.2) is 4.39 Å². The molecule has 0 saturated heterocycles. The van der Waals surface area contributed by atoms with Crippen molar-refractivity contribution in [3.05, 3.63) is 53.3 Å². The van der Waals surface area contributed by atoms with Gasteiger partial charge in [-0.1, -0.05) is 0 Å². The van der Waals surface area contributed by atoms with Crippen molar-refractivity contribution >= 4 is 17.5 Å². The van der Waals surface area contributed by atoms with Gasteiger partial charge in [0.1, 0.15) is 17.3 Å². The Bertz CT molecular complexity index is 823. The molecule has 0 heterocycles. The Morgan fingerprint density at radius 3 is 2.38 bits per heavy atom. The SMILES string of the molecule is COc1ccc([C@@H](C)NC(=O)C(=O)Nc2ccc(F)cc2C)c(OC)c1. The van der Waals surface area contributed by atoms with E-state index in [1.807, 2.05) is 0 Å². The number of methoxy groups -OCH3 is 2. The molecule has 2 N–H and O–H groups in total. The van der Waals surface area contributed by atoms with Gasteiger partial charge in [0.2, 0.25) is 0 Å². The first-order valence-corrected chi connectivity index (χ1v) is 7.95. The van der Waals surface area contributed by atoms with Crippen LogP contribution in [0, 0.1) is 12.7 Å². The number of rotatable bonds is 5. The molecule has 0 unspecified atom stereocenters. The normalized spacial score (nSPS) is 11.4. The summed E-state index contributed by atoms with van der Waals surface area (Å²) in [4.78, 5) is 24.3. The summed E-state index contributed by atoms with van der Waals surface area (Å²) < 4.78 is 23.6. The van der Waals surface area contributed by atoms with Crippen molar-refractivity contribution in [2.75, 3.05) is 19.5 Å². The monoisotopic (exact) mass is 360 g/mol. The largest absolute Gasteiger partial charge is 0.497 e. The highest BCUT2D eigenvalue weighted by molar-refractivity contribution is 6.39. The third kappa shape index (κ3) is 4.50. The summed E-state index contributed by atoms with van der Waals surface area (Å²) in [5.74, 6) is -0.899. The first kappa shape index (κ1) is 19.2. The quantitative estimate of drug-likeness (QED) is 0.804. The van der Waals surface area contributed by atoms with Gasteiger partial charge in [-0.05, 0) is 49.7 Å². The molecule has 0 aliphatic carbocycles. The number of nitrogens with one attached hydrogen (secondary N) is 2. The molecule has 0 aliphatic heterocycles. The Labute approximate surface area is 151 Å². The van der Waals surface area contributed by atoms with Crippen LogP contribution in [0.3, 0.4) is 0 Å². The van der Waals surface area contributed by atoms with Gasteiger partial charge in [0.15, 0.2) is 0 Å². The van der Waals surface area contributed by atoms with Crippen molar-refractivity contribution in [2.45, 2.75) is 19.9 Å². The highest BCUT2D eigenvalue weighted by Gasteiger charge is 2.20. The molecule has 2 aromatic carbocycles. The van der Waals surface area contributed by atoms with Gasteiger partial charge in [0.25, 0.3) is 0 Å². The van der Waals surface area contributed by atoms with Crippen LogP contribution in [0.25, 0.3) is 0 Å². The molecule has 7 heteroatoms. The fourth-order valence-corrected chi connectivity index (χ4v) is 2.46. The molecular formula is C19H21FN2O4. The highest BCUT2D eigenvalue weighted by Crippen LogP contribution is 2.29. The van der Waals surface area contributed by atoms with Crippen LogP contribution in [0.1, 0.15) is 24.1 Å². The van der Waals surface area contributed by atoms with Crippen molar-refractivity contribution < 1.29 is 23.5 Å². The fraction of sp³-hybridized carbons (Fsp3) is 0.263. The molecule has 2 amide bonds. The minimum absolute atomic E-state index is 0.376. The highest BCUT2D eigenvalue weighted by atomic mass is 19.1. The Morgan fingerprint density at radius 1 is 1.04 bits per heavy atom. The van der Waals surface area contributed by atoms with Crippen LogP contribution < -0.4 is 20.1 Å². The lowest BCUT2D eigenvalue weighted by Crippen LogP contribution is -2.37. The van der Waals surface area contributed by atoms with Crippen molar-refractivity contribution in [3.8, 4) is 11.5 Å². The van der Waals surface area contributed by atoms with E-state index in [4.69, 9.17) is 9.47 Å². The van der Waals surface area contributed by atoms with E-state index >= 15 is 0 Å². The number of benzene rings is 2. The molecule has 138 valence electrons. The molecule has 0 fully saturated rings. The molecule has 6 nitrogen and oxygen atoms in total. The minimum Gasteiger partial charge on any atom is -0.497 e. The van der Waals surface area contributed by atoms with Crippen LogP contribution in [0.15, 0.2) is 36.4 Å². The summed E-state index contributed by atoms with van der Waals surface area (Å²) in [5.41, 5.74) is 1.60. The Hall–Kier alpha value is -3.09. The number of ether oxygens (including phenoxy) is 2. The van der Waals surface area contributed by atoms with E-state index in [0.717, 1.165) is 0 Å². The van der Waals surface area contributed by atoms with Crippen molar-refractivity contribution in [3.63, 3.8) is 0 Å². The lowest BCUT2D eigenvalue weighted by atomic mass is 10.1. The first-order valence-electron chi connectivity index (χ1n) is 7.95. The average molecular weight is 360 g/mol. The second kappa shape index (κ2) is 8.33. The van der Waals surface area contributed by atoms with Crippen LogP contribution >= 0.6 is 0 Å². The van der Waals surface area contributed by atoms with Crippen LogP contribution in [0.5, 0.6) is 11.5 Å². The van der Waals surface area contributed by atoms with Crippen LogP contribution in [0.2, 0.25) is 0 Å². The first-order chi connectivity index (χ1) is 12.3. The number of amides is 2. The topological polar surface area (TPSA) is 76.7 Å². The number of carbonyl (C=O) groups is 2. The molecule has 0 saturated carbocycles. The second-order valence-electron chi connectivity index (χ2n) is 5.72. The van der Waals surface area contributed by atoms with Gasteiger partial charge < -0.3 is 20.1 Å². The predicted octanol–water partition coefficient (Wildman–Crippen LogP) is 2.97. The Kier molecular flexibility index (Phi) is 6.16. The molecule has 0 bridgehead atoms. The summed E-state index contributed by atoms with van der Waals surface area (Å²) in [7, 11) is 3.05.